The fourth-order valence-electron chi connectivity index (χ4n) is 2.38. The second-order valence-corrected chi connectivity index (χ2v) is 6.32. The van der Waals surface area contributed by atoms with Crippen LogP contribution in [0, 0.1) is 19.7 Å². The van der Waals surface area contributed by atoms with Crippen LogP contribution in [0.5, 0.6) is 0 Å². The van der Waals surface area contributed by atoms with E-state index in [1.54, 1.807) is 32.0 Å². The van der Waals surface area contributed by atoms with Gasteiger partial charge in [-0.2, -0.15) is 0 Å². The van der Waals surface area contributed by atoms with Gasteiger partial charge in [0, 0.05) is 6.54 Å². The minimum atomic E-state index is -1.16. The number of aliphatic hydroxyl groups is 1. The molecule has 1 heterocycles. The molecule has 3 N–H and O–H groups in total. The van der Waals surface area contributed by atoms with Gasteiger partial charge >= 0.3 is 0 Å². The largest absolute Gasteiger partial charge is 0.463 e. The second-order valence-electron chi connectivity index (χ2n) is 6.32. The minimum Gasteiger partial charge on any atom is -0.463 e. The van der Waals surface area contributed by atoms with Crippen molar-refractivity contribution in [2.75, 3.05) is 13.1 Å². The summed E-state index contributed by atoms with van der Waals surface area (Å²) in [6.07, 6.45) is 0. The number of halogens is 2. The molecule has 2 aromatic rings. The van der Waals surface area contributed by atoms with Crippen molar-refractivity contribution < 1.29 is 13.9 Å². The van der Waals surface area contributed by atoms with Gasteiger partial charge in [0.25, 0.3) is 0 Å². The van der Waals surface area contributed by atoms with Crippen LogP contribution in [-0.2, 0) is 12.1 Å². The summed E-state index contributed by atoms with van der Waals surface area (Å²) in [7, 11) is 0. The van der Waals surface area contributed by atoms with Crippen LogP contribution in [0.3, 0.4) is 0 Å². The zero-order chi connectivity index (χ0) is 18.4. The first-order valence-corrected chi connectivity index (χ1v) is 8.38. The molecule has 0 spiro atoms. The summed E-state index contributed by atoms with van der Waals surface area (Å²) in [6.45, 7) is 8.57. The summed E-state index contributed by atoms with van der Waals surface area (Å²) in [6, 6.07) is 8.54. The Kier molecular flexibility index (Phi) is 8.55. The number of benzene rings is 1. The molecular weight excluding hydrogens is 448 g/mol. The maximum absolute atomic E-state index is 13.3. The highest BCUT2D eigenvalue weighted by Crippen LogP contribution is 2.21. The van der Waals surface area contributed by atoms with Crippen molar-refractivity contribution in [2.24, 2.45) is 4.99 Å². The molecule has 7 heteroatoms. The quantitative estimate of drug-likeness (QED) is 0.339. The lowest BCUT2D eigenvalue weighted by molar-refractivity contribution is 0.0378. The molecule has 5 nitrogen and oxygen atoms in total. The molecule has 2 rings (SSSR count). The maximum Gasteiger partial charge on any atom is 0.191 e. The zero-order valence-electron chi connectivity index (χ0n) is 15.6. The Morgan fingerprint density at radius 3 is 2.54 bits per heavy atom. The van der Waals surface area contributed by atoms with E-state index in [2.05, 4.69) is 15.6 Å². The highest BCUT2D eigenvalue weighted by atomic mass is 127. The summed E-state index contributed by atoms with van der Waals surface area (Å²) in [5.74, 6) is 1.61. The van der Waals surface area contributed by atoms with Gasteiger partial charge in [0.05, 0.1) is 13.1 Å². The molecule has 0 aliphatic rings. The molecular formula is C19H27FIN3O2. The molecule has 0 saturated carbocycles. The summed E-state index contributed by atoms with van der Waals surface area (Å²) < 4.78 is 18.8. The van der Waals surface area contributed by atoms with Crippen molar-refractivity contribution >= 4 is 29.9 Å². The second kappa shape index (κ2) is 9.91. The molecule has 0 bridgehead atoms. The lowest BCUT2D eigenvalue weighted by Gasteiger charge is -2.22. The molecule has 1 unspecified atom stereocenters. The van der Waals surface area contributed by atoms with Gasteiger partial charge < -0.3 is 20.2 Å². The number of aryl methyl sites for hydroxylation is 2. The Labute approximate surface area is 171 Å². The molecule has 0 amide bonds. The first-order valence-electron chi connectivity index (χ1n) is 8.38. The van der Waals surface area contributed by atoms with Crippen LogP contribution >= 0.6 is 24.0 Å². The molecule has 1 atom stereocenters. The smallest absolute Gasteiger partial charge is 0.191 e. The van der Waals surface area contributed by atoms with E-state index in [4.69, 9.17) is 4.42 Å². The average molecular weight is 475 g/mol. The minimum absolute atomic E-state index is 0. The highest BCUT2D eigenvalue weighted by Gasteiger charge is 2.27. The average Bonchev–Trinajstić information content (AvgIpc) is 3.01. The van der Waals surface area contributed by atoms with Gasteiger partial charge in [-0.1, -0.05) is 12.1 Å². The van der Waals surface area contributed by atoms with E-state index >= 15 is 0 Å². The van der Waals surface area contributed by atoms with E-state index in [0.717, 1.165) is 11.3 Å². The number of hydrogen-bond acceptors (Lipinski definition) is 3. The summed E-state index contributed by atoms with van der Waals surface area (Å²) in [5, 5.41) is 16.8. The number of nitrogens with one attached hydrogen (secondary N) is 2. The first-order chi connectivity index (χ1) is 11.8. The Morgan fingerprint density at radius 2 is 1.96 bits per heavy atom. The molecule has 0 saturated heterocycles. The van der Waals surface area contributed by atoms with E-state index < -0.39 is 5.60 Å². The van der Waals surface area contributed by atoms with Crippen LogP contribution in [0.15, 0.2) is 39.7 Å². The van der Waals surface area contributed by atoms with E-state index in [1.807, 2.05) is 19.9 Å². The number of rotatable bonds is 6. The summed E-state index contributed by atoms with van der Waals surface area (Å²) in [4.78, 5) is 4.49. The number of aliphatic imine (C=N–C) groups is 1. The first kappa shape index (κ1) is 22.4. The predicted octanol–water partition coefficient (Wildman–Crippen LogP) is 3.62. The summed E-state index contributed by atoms with van der Waals surface area (Å²) in [5.41, 5.74) is 0.364. The van der Waals surface area contributed by atoms with E-state index in [-0.39, 0.29) is 36.3 Å². The molecule has 0 aliphatic carbocycles. The summed E-state index contributed by atoms with van der Waals surface area (Å²) >= 11 is 0. The van der Waals surface area contributed by atoms with Gasteiger partial charge in [0.15, 0.2) is 5.96 Å². The van der Waals surface area contributed by atoms with Gasteiger partial charge in [-0.25, -0.2) is 9.38 Å². The fourth-order valence-corrected chi connectivity index (χ4v) is 2.38. The Balaban J connectivity index is 0.00000338. The molecule has 1 aromatic carbocycles. The zero-order valence-corrected chi connectivity index (χ0v) is 17.9. The lowest BCUT2D eigenvalue weighted by Crippen LogP contribution is -2.44. The Morgan fingerprint density at radius 1 is 1.23 bits per heavy atom. The van der Waals surface area contributed by atoms with Crippen molar-refractivity contribution in [3.8, 4) is 0 Å². The van der Waals surface area contributed by atoms with Crippen molar-refractivity contribution in [3.63, 3.8) is 0 Å². The van der Waals surface area contributed by atoms with E-state index in [0.29, 0.717) is 30.4 Å². The predicted molar refractivity (Wildman–Crippen MR) is 112 cm³/mol. The highest BCUT2D eigenvalue weighted by molar-refractivity contribution is 14.0. The molecule has 0 aliphatic heterocycles. The Hall–Kier alpha value is -1.61. The number of furan rings is 1. The van der Waals surface area contributed by atoms with Crippen LogP contribution in [0.25, 0.3) is 0 Å². The van der Waals surface area contributed by atoms with Crippen molar-refractivity contribution in [1.29, 1.82) is 0 Å². The molecule has 1 aromatic heterocycles. The lowest BCUT2D eigenvalue weighted by atomic mass is 10.0. The van der Waals surface area contributed by atoms with Gasteiger partial charge in [0.2, 0.25) is 0 Å². The van der Waals surface area contributed by atoms with Crippen molar-refractivity contribution in [1.82, 2.24) is 10.6 Å². The normalized spacial score (nSPS) is 13.7. The molecule has 26 heavy (non-hydrogen) atoms. The van der Waals surface area contributed by atoms with Gasteiger partial charge in [0.1, 0.15) is 22.9 Å². The van der Waals surface area contributed by atoms with Crippen LogP contribution in [0.1, 0.15) is 36.5 Å². The van der Waals surface area contributed by atoms with Crippen molar-refractivity contribution in [2.45, 2.75) is 39.8 Å². The standard InChI is InChI=1S/C19H26FN3O2.HI/c1-5-21-18(22-11-15-7-8-16(20)13(2)10-15)23-12-19(4,24)17-9-6-14(3)25-17;/h6-10,24H,5,11-12H2,1-4H3,(H2,21,22,23);1H. The third-order valence-corrected chi connectivity index (χ3v) is 3.86. The number of guanidine groups is 1. The Bertz CT molecular complexity index is 744. The van der Waals surface area contributed by atoms with Gasteiger partial charge in [-0.15, -0.1) is 24.0 Å². The molecule has 144 valence electrons. The third-order valence-electron chi connectivity index (χ3n) is 3.86. The molecule has 0 fully saturated rings. The van der Waals surface area contributed by atoms with Crippen LogP contribution in [0.2, 0.25) is 0 Å². The van der Waals surface area contributed by atoms with Gasteiger partial charge in [-0.05, 0) is 57.0 Å². The van der Waals surface area contributed by atoms with E-state index in [1.165, 1.54) is 6.07 Å². The van der Waals surface area contributed by atoms with Crippen LogP contribution in [-0.4, -0.2) is 24.2 Å². The topological polar surface area (TPSA) is 69.8 Å². The number of nitrogens with zero attached hydrogens (tertiary/aromatic N) is 1. The number of hydrogen-bond donors (Lipinski definition) is 3. The van der Waals surface area contributed by atoms with Crippen LogP contribution in [0.4, 0.5) is 4.39 Å². The maximum atomic E-state index is 13.3. The van der Waals surface area contributed by atoms with Crippen molar-refractivity contribution in [3.05, 3.63) is 58.8 Å². The monoisotopic (exact) mass is 475 g/mol. The van der Waals surface area contributed by atoms with E-state index in [9.17, 15) is 9.50 Å². The van der Waals surface area contributed by atoms with Gasteiger partial charge in [-0.3, -0.25) is 0 Å². The van der Waals surface area contributed by atoms with Crippen LogP contribution < -0.4 is 10.6 Å². The SMILES string of the molecule is CCNC(=NCc1ccc(F)c(C)c1)NCC(C)(O)c1ccc(C)o1.I. The fraction of sp³-hybridized carbons (Fsp3) is 0.421. The third kappa shape index (κ3) is 6.28. The molecule has 0 radical (unpaired) electrons.